The molecule has 2 heterocycles. The number of hydrogen-bond donors (Lipinski definition) is 0. The van der Waals surface area contributed by atoms with E-state index in [0.29, 0.717) is 18.8 Å². The molecule has 0 saturated carbocycles. The van der Waals surface area contributed by atoms with Crippen LogP contribution in [0.4, 0.5) is 0 Å². The van der Waals surface area contributed by atoms with Gasteiger partial charge in [-0.05, 0) is 35.4 Å². The number of piperidine rings is 1. The molecule has 9 heteroatoms. The van der Waals surface area contributed by atoms with Crippen molar-refractivity contribution in [3.8, 4) is 5.75 Å². The van der Waals surface area contributed by atoms with Gasteiger partial charge in [0.1, 0.15) is 5.75 Å². The molecule has 1 aromatic heterocycles. The van der Waals surface area contributed by atoms with Gasteiger partial charge in [0.2, 0.25) is 10.0 Å². The van der Waals surface area contributed by atoms with Gasteiger partial charge in [-0.15, -0.1) is 5.10 Å². The second-order valence-electron chi connectivity index (χ2n) is 5.54. The van der Waals surface area contributed by atoms with Crippen molar-refractivity contribution in [2.45, 2.75) is 23.7 Å². The number of sulfonamides is 1. The summed E-state index contributed by atoms with van der Waals surface area (Å²) in [5.41, 5.74) is 0. The summed E-state index contributed by atoms with van der Waals surface area (Å²) in [4.78, 5) is 0.244. The molecule has 0 aliphatic carbocycles. The van der Waals surface area contributed by atoms with Crippen molar-refractivity contribution in [3.63, 3.8) is 0 Å². The van der Waals surface area contributed by atoms with Crippen molar-refractivity contribution >= 4 is 10.0 Å². The van der Waals surface area contributed by atoms with Gasteiger partial charge in [0.15, 0.2) is 5.82 Å². The number of nitrogens with zero attached hydrogens (tertiary/aromatic N) is 5. The third-order valence-electron chi connectivity index (χ3n) is 4.08. The van der Waals surface area contributed by atoms with E-state index in [4.69, 9.17) is 4.74 Å². The second-order valence-corrected chi connectivity index (χ2v) is 7.48. The molecule has 0 amide bonds. The normalized spacial score (nSPS) is 19.7. The molecule has 124 valence electrons. The molecular formula is C14H19N5O3S. The van der Waals surface area contributed by atoms with Gasteiger partial charge >= 0.3 is 0 Å². The van der Waals surface area contributed by atoms with E-state index in [1.165, 1.54) is 11.4 Å². The molecule has 23 heavy (non-hydrogen) atoms. The summed E-state index contributed by atoms with van der Waals surface area (Å²) in [7, 11) is -0.270. The average molecular weight is 337 g/mol. The topological polar surface area (TPSA) is 90.2 Å². The van der Waals surface area contributed by atoms with Crippen LogP contribution in [0, 0.1) is 0 Å². The first-order valence-electron chi connectivity index (χ1n) is 7.39. The number of aromatic nitrogens is 4. The molecule has 1 saturated heterocycles. The Hall–Kier alpha value is -2.00. The van der Waals surface area contributed by atoms with Gasteiger partial charge in [0.05, 0.1) is 12.0 Å². The van der Waals surface area contributed by atoms with E-state index in [-0.39, 0.29) is 10.8 Å². The van der Waals surface area contributed by atoms with Crippen LogP contribution in [0.5, 0.6) is 5.75 Å². The molecule has 3 rings (SSSR count). The van der Waals surface area contributed by atoms with Crippen molar-refractivity contribution in [2.24, 2.45) is 7.05 Å². The van der Waals surface area contributed by atoms with Gasteiger partial charge in [0.25, 0.3) is 0 Å². The molecule has 8 nitrogen and oxygen atoms in total. The summed E-state index contributed by atoms with van der Waals surface area (Å²) in [5.74, 6) is 1.25. The molecule has 1 fully saturated rings. The number of hydrogen-bond acceptors (Lipinski definition) is 6. The lowest BCUT2D eigenvalue weighted by atomic mass is 9.99. The zero-order chi connectivity index (χ0) is 16.4. The van der Waals surface area contributed by atoms with Gasteiger partial charge in [0, 0.05) is 32.1 Å². The van der Waals surface area contributed by atoms with Crippen LogP contribution in [0.1, 0.15) is 24.6 Å². The Morgan fingerprint density at radius 2 is 2.17 bits per heavy atom. The highest BCUT2D eigenvalue weighted by Gasteiger charge is 2.33. The van der Waals surface area contributed by atoms with Gasteiger partial charge in [-0.2, -0.15) is 4.31 Å². The highest BCUT2D eigenvalue weighted by molar-refractivity contribution is 7.89. The first-order valence-corrected chi connectivity index (χ1v) is 8.83. The van der Waals surface area contributed by atoms with Crippen LogP contribution in [0.2, 0.25) is 0 Å². The molecule has 0 N–H and O–H groups in total. The Labute approximate surface area is 135 Å². The minimum Gasteiger partial charge on any atom is -0.497 e. The molecule has 2 aromatic rings. The molecule has 1 aromatic carbocycles. The predicted octanol–water partition coefficient (Wildman–Crippen LogP) is 0.787. The standard InChI is InChI=1S/C14H19N5O3S/c1-18-14(15-16-17-18)11-5-4-8-19(10-11)23(20,21)13-7-3-6-12(9-13)22-2/h3,6-7,9,11H,4-5,8,10H2,1-2H3. The number of ether oxygens (including phenoxy) is 1. The van der Waals surface area contributed by atoms with Crippen LogP contribution >= 0.6 is 0 Å². The molecule has 0 spiro atoms. The summed E-state index contributed by atoms with van der Waals surface area (Å²) < 4.78 is 34.0. The van der Waals surface area contributed by atoms with Crippen LogP contribution in [0.15, 0.2) is 29.2 Å². The smallest absolute Gasteiger partial charge is 0.243 e. The zero-order valence-corrected chi connectivity index (χ0v) is 13.9. The van der Waals surface area contributed by atoms with Crippen molar-refractivity contribution in [3.05, 3.63) is 30.1 Å². The van der Waals surface area contributed by atoms with Crippen LogP contribution in [-0.4, -0.2) is 53.1 Å². The molecule has 1 atom stereocenters. The van der Waals surface area contributed by atoms with Gasteiger partial charge in [-0.3, -0.25) is 0 Å². The summed E-state index contributed by atoms with van der Waals surface area (Å²) in [5, 5.41) is 11.5. The number of rotatable bonds is 4. The van der Waals surface area contributed by atoms with Crippen LogP contribution < -0.4 is 4.74 Å². The Balaban J connectivity index is 1.86. The SMILES string of the molecule is COc1cccc(S(=O)(=O)N2CCCC(c3nnnn3C)C2)c1. The number of tetrazole rings is 1. The lowest BCUT2D eigenvalue weighted by Gasteiger charge is -2.31. The van der Waals surface area contributed by atoms with E-state index in [0.717, 1.165) is 18.7 Å². The fraction of sp³-hybridized carbons (Fsp3) is 0.500. The second kappa shape index (κ2) is 6.25. The Bertz CT molecular complexity index is 789. The van der Waals surface area contributed by atoms with Gasteiger partial charge < -0.3 is 4.74 Å². The first-order chi connectivity index (χ1) is 11.0. The largest absolute Gasteiger partial charge is 0.497 e. The zero-order valence-electron chi connectivity index (χ0n) is 13.1. The summed E-state index contributed by atoms with van der Waals surface area (Å²) >= 11 is 0. The molecule has 0 bridgehead atoms. The first kappa shape index (κ1) is 15.9. The molecular weight excluding hydrogens is 318 g/mol. The maximum atomic E-state index is 12.9. The summed E-state index contributed by atoms with van der Waals surface area (Å²) in [6, 6.07) is 6.54. The van der Waals surface area contributed by atoms with Crippen molar-refractivity contribution in [1.82, 2.24) is 24.5 Å². The maximum Gasteiger partial charge on any atom is 0.243 e. The summed E-state index contributed by atoms with van der Waals surface area (Å²) in [6.07, 6.45) is 1.65. The van der Waals surface area contributed by atoms with Crippen molar-refractivity contribution < 1.29 is 13.2 Å². The van der Waals surface area contributed by atoms with Crippen molar-refractivity contribution in [1.29, 1.82) is 0 Å². The van der Waals surface area contributed by atoms with Crippen LogP contribution in [-0.2, 0) is 17.1 Å². The Kier molecular flexibility index (Phi) is 4.31. The van der Waals surface area contributed by atoms with E-state index in [1.54, 1.807) is 36.0 Å². The van der Waals surface area contributed by atoms with E-state index < -0.39 is 10.0 Å². The maximum absolute atomic E-state index is 12.9. The molecule has 1 aliphatic heterocycles. The lowest BCUT2D eigenvalue weighted by molar-refractivity contribution is 0.304. The number of benzene rings is 1. The molecule has 0 radical (unpaired) electrons. The summed E-state index contributed by atoms with van der Waals surface area (Å²) in [6.45, 7) is 0.884. The van der Waals surface area contributed by atoms with Crippen LogP contribution in [0.25, 0.3) is 0 Å². The third kappa shape index (κ3) is 3.06. The fourth-order valence-corrected chi connectivity index (χ4v) is 4.42. The average Bonchev–Trinajstić information content (AvgIpc) is 3.01. The fourth-order valence-electron chi connectivity index (χ4n) is 2.86. The predicted molar refractivity (Wildman–Crippen MR) is 82.5 cm³/mol. The van der Waals surface area contributed by atoms with E-state index in [2.05, 4.69) is 15.5 Å². The quantitative estimate of drug-likeness (QED) is 0.819. The van der Waals surface area contributed by atoms with E-state index >= 15 is 0 Å². The van der Waals surface area contributed by atoms with E-state index in [1.807, 2.05) is 0 Å². The minimum absolute atomic E-state index is 0.00383. The monoisotopic (exact) mass is 337 g/mol. The minimum atomic E-state index is -3.56. The van der Waals surface area contributed by atoms with Gasteiger partial charge in [-0.1, -0.05) is 6.07 Å². The van der Waals surface area contributed by atoms with Gasteiger partial charge in [-0.25, -0.2) is 13.1 Å². The Morgan fingerprint density at radius 3 is 2.87 bits per heavy atom. The third-order valence-corrected chi connectivity index (χ3v) is 5.94. The molecule has 1 unspecified atom stereocenters. The van der Waals surface area contributed by atoms with Crippen LogP contribution in [0.3, 0.4) is 0 Å². The highest BCUT2D eigenvalue weighted by Crippen LogP contribution is 2.29. The van der Waals surface area contributed by atoms with E-state index in [9.17, 15) is 8.42 Å². The Morgan fingerprint density at radius 1 is 1.35 bits per heavy atom. The number of aryl methyl sites for hydroxylation is 1. The highest BCUT2D eigenvalue weighted by atomic mass is 32.2. The molecule has 1 aliphatic rings. The number of methoxy groups -OCH3 is 1. The lowest BCUT2D eigenvalue weighted by Crippen LogP contribution is -2.39. The van der Waals surface area contributed by atoms with Crippen molar-refractivity contribution in [2.75, 3.05) is 20.2 Å².